The maximum Gasteiger partial charge on any atom is 0.337 e. The van der Waals surface area contributed by atoms with Crippen LogP contribution in [0, 0.1) is 5.82 Å². The number of benzene rings is 1. The number of aromatic carboxylic acids is 1. The van der Waals surface area contributed by atoms with E-state index < -0.39 is 26.7 Å². The Morgan fingerprint density at radius 1 is 1.20 bits per heavy atom. The van der Waals surface area contributed by atoms with Crippen molar-refractivity contribution in [2.24, 2.45) is 0 Å². The van der Waals surface area contributed by atoms with Crippen LogP contribution in [-0.2, 0) is 10.0 Å². The average molecular weight is 296 g/mol. The SMILES string of the molecule is O=C(O)c1ccccc1S(=O)(=O)Nc1ccc(F)cn1. The lowest BCUT2D eigenvalue weighted by Crippen LogP contribution is -2.17. The zero-order valence-corrected chi connectivity index (χ0v) is 10.8. The lowest BCUT2D eigenvalue weighted by molar-refractivity contribution is 0.0692. The Balaban J connectivity index is 2.41. The third kappa shape index (κ3) is 2.91. The minimum atomic E-state index is -4.12. The quantitative estimate of drug-likeness (QED) is 0.895. The normalized spacial score (nSPS) is 11.1. The first-order valence-electron chi connectivity index (χ1n) is 5.37. The number of hydrogen-bond acceptors (Lipinski definition) is 4. The van der Waals surface area contributed by atoms with Crippen LogP contribution in [0.15, 0.2) is 47.5 Å². The van der Waals surface area contributed by atoms with Gasteiger partial charge in [-0.15, -0.1) is 0 Å². The number of sulfonamides is 1. The third-order valence-electron chi connectivity index (χ3n) is 2.37. The third-order valence-corrected chi connectivity index (χ3v) is 3.79. The number of nitrogens with zero attached hydrogens (tertiary/aromatic N) is 1. The highest BCUT2D eigenvalue weighted by atomic mass is 32.2. The van der Waals surface area contributed by atoms with Crippen molar-refractivity contribution in [3.63, 3.8) is 0 Å². The number of hydrogen-bond donors (Lipinski definition) is 2. The van der Waals surface area contributed by atoms with Crippen molar-refractivity contribution < 1.29 is 22.7 Å². The van der Waals surface area contributed by atoms with Gasteiger partial charge < -0.3 is 5.11 Å². The number of rotatable bonds is 4. The number of halogens is 1. The summed E-state index contributed by atoms with van der Waals surface area (Å²) < 4.78 is 39.0. The summed E-state index contributed by atoms with van der Waals surface area (Å²) in [7, 11) is -4.12. The van der Waals surface area contributed by atoms with E-state index in [-0.39, 0.29) is 11.4 Å². The first kappa shape index (κ1) is 13.9. The first-order valence-corrected chi connectivity index (χ1v) is 6.85. The highest BCUT2D eigenvalue weighted by molar-refractivity contribution is 7.92. The summed E-state index contributed by atoms with van der Waals surface area (Å²) in [5, 5.41) is 8.97. The fourth-order valence-electron chi connectivity index (χ4n) is 1.51. The van der Waals surface area contributed by atoms with Gasteiger partial charge in [-0.2, -0.15) is 0 Å². The van der Waals surface area contributed by atoms with E-state index in [0.717, 1.165) is 24.4 Å². The fourth-order valence-corrected chi connectivity index (χ4v) is 2.72. The molecule has 0 radical (unpaired) electrons. The predicted octanol–water partition coefficient (Wildman–Crippen LogP) is 1.72. The van der Waals surface area contributed by atoms with Gasteiger partial charge in [-0.3, -0.25) is 4.72 Å². The van der Waals surface area contributed by atoms with Crippen molar-refractivity contribution in [1.82, 2.24) is 4.98 Å². The molecule has 0 saturated heterocycles. The fraction of sp³-hybridized carbons (Fsp3) is 0. The lowest BCUT2D eigenvalue weighted by atomic mass is 10.2. The molecule has 104 valence electrons. The Labute approximate surface area is 114 Å². The smallest absolute Gasteiger partial charge is 0.337 e. The van der Waals surface area contributed by atoms with Crippen molar-refractivity contribution in [1.29, 1.82) is 0 Å². The second-order valence-corrected chi connectivity index (χ2v) is 5.42. The van der Waals surface area contributed by atoms with E-state index in [9.17, 15) is 17.6 Å². The van der Waals surface area contributed by atoms with Crippen LogP contribution in [0.5, 0.6) is 0 Å². The van der Waals surface area contributed by atoms with E-state index in [4.69, 9.17) is 5.11 Å². The Bertz CT molecular complexity index is 744. The van der Waals surface area contributed by atoms with E-state index in [1.54, 1.807) is 0 Å². The number of nitrogens with one attached hydrogen (secondary N) is 1. The molecule has 0 spiro atoms. The maximum absolute atomic E-state index is 12.7. The van der Waals surface area contributed by atoms with Crippen LogP contribution in [0.2, 0.25) is 0 Å². The van der Waals surface area contributed by atoms with Gasteiger partial charge in [0, 0.05) is 0 Å². The molecule has 0 aliphatic carbocycles. The summed E-state index contributed by atoms with van der Waals surface area (Å²) in [6.07, 6.45) is 0.848. The summed E-state index contributed by atoms with van der Waals surface area (Å²) in [5.41, 5.74) is -0.359. The first-order chi connectivity index (χ1) is 9.40. The predicted molar refractivity (Wildman–Crippen MR) is 68.4 cm³/mol. The molecule has 0 aliphatic heterocycles. The summed E-state index contributed by atoms with van der Waals surface area (Å²) in [6.45, 7) is 0. The maximum atomic E-state index is 12.7. The van der Waals surface area contributed by atoms with Crippen LogP contribution in [-0.4, -0.2) is 24.5 Å². The molecule has 0 bridgehead atoms. The van der Waals surface area contributed by atoms with Gasteiger partial charge in [-0.05, 0) is 24.3 Å². The van der Waals surface area contributed by atoms with Crippen LogP contribution in [0.3, 0.4) is 0 Å². The van der Waals surface area contributed by atoms with E-state index in [0.29, 0.717) is 0 Å². The Morgan fingerprint density at radius 3 is 2.50 bits per heavy atom. The second-order valence-electron chi connectivity index (χ2n) is 3.77. The van der Waals surface area contributed by atoms with Crippen molar-refractivity contribution in [3.8, 4) is 0 Å². The van der Waals surface area contributed by atoms with Gasteiger partial charge in [0.25, 0.3) is 10.0 Å². The molecule has 20 heavy (non-hydrogen) atoms. The van der Waals surface area contributed by atoms with Crippen LogP contribution < -0.4 is 4.72 Å². The molecule has 0 aliphatic rings. The molecule has 8 heteroatoms. The largest absolute Gasteiger partial charge is 0.478 e. The number of carboxylic acids is 1. The topological polar surface area (TPSA) is 96.4 Å². The minimum absolute atomic E-state index is 0.105. The zero-order chi connectivity index (χ0) is 14.8. The molecule has 0 fully saturated rings. The standard InChI is InChI=1S/C12H9FN2O4S/c13-8-5-6-11(14-7-8)15-20(18,19)10-4-2-1-3-9(10)12(16)17/h1-7H,(H,14,15)(H,16,17). The number of pyridine rings is 1. The Kier molecular flexibility index (Phi) is 3.66. The molecule has 2 N–H and O–H groups in total. The molecule has 1 aromatic carbocycles. The highest BCUT2D eigenvalue weighted by Crippen LogP contribution is 2.18. The molecular weight excluding hydrogens is 287 g/mol. The number of aromatic nitrogens is 1. The molecule has 1 aromatic heterocycles. The van der Waals surface area contributed by atoms with Gasteiger partial charge in [0.1, 0.15) is 16.5 Å². The van der Waals surface area contributed by atoms with E-state index in [2.05, 4.69) is 9.71 Å². The number of carbonyl (C=O) groups is 1. The summed E-state index contributed by atoms with van der Waals surface area (Å²) in [4.78, 5) is 14.2. The van der Waals surface area contributed by atoms with E-state index in [1.807, 2.05) is 0 Å². The summed E-state index contributed by atoms with van der Waals surface area (Å²) >= 11 is 0. The van der Waals surface area contributed by atoms with Gasteiger partial charge in [0.15, 0.2) is 0 Å². The Morgan fingerprint density at radius 2 is 1.90 bits per heavy atom. The van der Waals surface area contributed by atoms with Gasteiger partial charge >= 0.3 is 5.97 Å². The average Bonchev–Trinajstić information content (AvgIpc) is 2.41. The van der Waals surface area contributed by atoms with Gasteiger partial charge in [-0.1, -0.05) is 12.1 Å². The van der Waals surface area contributed by atoms with Crippen LogP contribution >= 0.6 is 0 Å². The summed E-state index contributed by atoms with van der Waals surface area (Å²) in [6, 6.07) is 7.33. The number of carboxylic acid groups (broad SMARTS) is 1. The lowest BCUT2D eigenvalue weighted by Gasteiger charge is -2.09. The van der Waals surface area contributed by atoms with E-state index >= 15 is 0 Å². The van der Waals surface area contributed by atoms with Crippen molar-refractivity contribution in [3.05, 3.63) is 54.0 Å². The Hall–Kier alpha value is -2.48. The molecule has 0 amide bonds. The molecule has 0 saturated carbocycles. The van der Waals surface area contributed by atoms with Crippen molar-refractivity contribution in [2.45, 2.75) is 4.90 Å². The second kappa shape index (κ2) is 5.25. The molecule has 6 nitrogen and oxygen atoms in total. The monoisotopic (exact) mass is 296 g/mol. The molecule has 0 atom stereocenters. The minimum Gasteiger partial charge on any atom is -0.478 e. The molecule has 0 unspecified atom stereocenters. The zero-order valence-electron chi connectivity index (χ0n) is 9.95. The molecular formula is C12H9FN2O4S. The van der Waals surface area contributed by atoms with Crippen molar-refractivity contribution >= 4 is 21.8 Å². The number of anilines is 1. The van der Waals surface area contributed by atoms with E-state index in [1.165, 1.54) is 18.2 Å². The van der Waals surface area contributed by atoms with Crippen LogP contribution in [0.1, 0.15) is 10.4 Å². The molecule has 2 rings (SSSR count). The highest BCUT2D eigenvalue weighted by Gasteiger charge is 2.22. The summed E-state index contributed by atoms with van der Waals surface area (Å²) in [5.74, 6) is -2.08. The van der Waals surface area contributed by atoms with Gasteiger partial charge in [-0.25, -0.2) is 22.6 Å². The van der Waals surface area contributed by atoms with Gasteiger partial charge in [0.05, 0.1) is 11.8 Å². The molecule has 1 heterocycles. The van der Waals surface area contributed by atoms with Crippen LogP contribution in [0.25, 0.3) is 0 Å². The van der Waals surface area contributed by atoms with Crippen molar-refractivity contribution in [2.75, 3.05) is 4.72 Å². The van der Waals surface area contributed by atoms with Crippen LogP contribution in [0.4, 0.5) is 10.2 Å². The van der Waals surface area contributed by atoms with Gasteiger partial charge in [0.2, 0.25) is 0 Å². The molecule has 2 aromatic rings.